The van der Waals surface area contributed by atoms with Crippen molar-refractivity contribution in [2.24, 2.45) is 0 Å². The second-order valence-electron chi connectivity index (χ2n) is 4.32. The Kier molecular flexibility index (Phi) is 6.25. The number of aryl methyl sites for hydroxylation is 1. The topological polar surface area (TPSA) is 73.1 Å². The fourth-order valence-corrected chi connectivity index (χ4v) is 1.50. The first kappa shape index (κ1) is 14.5. The molecule has 0 unspecified atom stereocenters. The maximum atomic E-state index is 6.00. The molecule has 0 radical (unpaired) electrons. The molecule has 0 aliphatic rings. The molecule has 0 aromatic carbocycles. The largest absolute Gasteiger partial charge is 0.476 e. The lowest BCUT2D eigenvalue weighted by molar-refractivity contribution is 0.298. The molecule has 18 heavy (non-hydrogen) atoms. The molecule has 1 aromatic heterocycles. The second kappa shape index (κ2) is 7.74. The number of nitrogens with two attached hydrogens (primary N) is 1. The van der Waals surface area contributed by atoms with Crippen LogP contribution in [0.2, 0.25) is 0 Å². The Morgan fingerprint density at radius 2 is 1.89 bits per heavy atom. The van der Waals surface area contributed by atoms with E-state index in [4.69, 9.17) is 10.5 Å². The SMILES string of the molecule is CCCCNc1nc(C)nc(OCCCC)c1N. The van der Waals surface area contributed by atoms with Crippen LogP contribution in [0.3, 0.4) is 0 Å². The minimum Gasteiger partial charge on any atom is -0.476 e. The first-order valence-corrected chi connectivity index (χ1v) is 6.69. The van der Waals surface area contributed by atoms with Gasteiger partial charge < -0.3 is 15.8 Å². The number of anilines is 2. The van der Waals surface area contributed by atoms with Crippen molar-refractivity contribution in [2.75, 3.05) is 24.2 Å². The normalized spacial score (nSPS) is 10.4. The third-order valence-corrected chi connectivity index (χ3v) is 2.58. The predicted octanol–water partition coefficient (Wildman–Crippen LogP) is 2.76. The van der Waals surface area contributed by atoms with E-state index in [0.29, 0.717) is 29.8 Å². The Morgan fingerprint density at radius 1 is 1.17 bits per heavy atom. The van der Waals surface area contributed by atoms with Crippen LogP contribution in [0.1, 0.15) is 45.4 Å². The van der Waals surface area contributed by atoms with Crippen molar-refractivity contribution < 1.29 is 4.74 Å². The molecule has 1 rings (SSSR count). The van der Waals surface area contributed by atoms with Crippen molar-refractivity contribution in [3.63, 3.8) is 0 Å². The summed E-state index contributed by atoms with van der Waals surface area (Å²) in [5, 5.41) is 3.23. The molecule has 3 N–H and O–H groups in total. The Hall–Kier alpha value is -1.52. The van der Waals surface area contributed by atoms with Crippen LogP contribution in [0.25, 0.3) is 0 Å². The molecule has 102 valence electrons. The molecule has 0 saturated heterocycles. The van der Waals surface area contributed by atoms with Gasteiger partial charge in [-0.05, 0) is 19.8 Å². The third kappa shape index (κ3) is 4.39. The highest BCUT2D eigenvalue weighted by atomic mass is 16.5. The fourth-order valence-electron chi connectivity index (χ4n) is 1.50. The zero-order valence-corrected chi connectivity index (χ0v) is 11.6. The molecule has 5 heteroatoms. The number of unbranched alkanes of at least 4 members (excludes halogenated alkanes) is 2. The maximum Gasteiger partial charge on any atom is 0.242 e. The van der Waals surface area contributed by atoms with Gasteiger partial charge in [-0.1, -0.05) is 26.7 Å². The number of ether oxygens (including phenoxy) is 1. The summed E-state index contributed by atoms with van der Waals surface area (Å²) >= 11 is 0. The van der Waals surface area contributed by atoms with E-state index in [0.717, 1.165) is 32.2 Å². The van der Waals surface area contributed by atoms with Gasteiger partial charge >= 0.3 is 0 Å². The fraction of sp³-hybridized carbons (Fsp3) is 0.692. The van der Waals surface area contributed by atoms with Gasteiger partial charge in [0.1, 0.15) is 11.5 Å². The van der Waals surface area contributed by atoms with Gasteiger partial charge in [0.25, 0.3) is 0 Å². The molecule has 0 aliphatic heterocycles. The number of hydrogen-bond donors (Lipinski definition) is 2. The summed E-state index contributed by atoms with van der Waals surface area (Å²) in [5.41, 5.74) is 6.51. The second-order valence-corrected chi connectivity index (χ2v) is 4.32. The van der Waals surface area contributed by atoms with E-state index in [1.54, 1.807) is 0 Å². The van der Waals surface area contributed by atoms with Crippen molar-refractivity contribution in [2.45, 2.75) is 46.5 Å². The molecule has 1 aromatic rings. The van der Waals surface area contributed by atoms with E-state index in [2.05, 4.69) is 29.1 Å². The minimum atomic E-state index is 0.495. The van der Waals surface area contributed by atoms with Gasteiger partial charge in [-0.25, -0.2) is 4.98 Å². The van der Waals surface area contributed by atoms with Crippen molar-refractivity contribution in [1.82, 2.24) is 9.97 Å². The quantitative estimate of drug-likeness (QED) is 0.696. The average Bonchev–Trinajstić information content (AvgIpc) is 2.35. The highest BCUT2D eigenvalue weighted by molar-refractivity contribution is 5.66. The highest BCUT2D eigenvalue weighted by Gasteiger charge is 2.10. The first-order chi connectivity index (χ1) is 8.69. The summed E-state index contributed by atoms with van der Waals surface area (Å²) in [5.74, 6) is 1.85. The number of nitrogen functional groups attached to an aromatic ring is 1. The molecule has 1 heterocycles. The number of aromatic nitrogens is 2. The Balaban J connectivity index is 2.71. The van der Waals surface area contributed by atoms with E-state index < -0.39 is 0 Å². The van der Waals surface area contributed by atoms with Crippen LogP contribution in [-0.4, -0.2) is 23.1 Å². The molecule has 0 amide bonds. The zero-order valence-electron chi connectivity index (χ0n) is 11.6. The summed E-state index contributed by atoms with van der Waals surface area (Å²) < 4.78 is 5.59. The summed E-state index contributed by atoms with van der Waals surface area (Å²) in [6.45, 7) is 7.62. The molecule has 5 nitrogen and oxygen atoms in total. The number of nitrogens with one attached hydrogen (secondary N) is 1. The highest BCUT2D eigenvalue weighted by Crippen LogP contribution is 2.26. The van der Waals surface area contributed by atoms with Gasteiger partial charge in [0.2, 0.25) is 5.88 Å². The Bertz CT molecular complexity index is 337. The van der Waals surface area contributed by atoms with Gasteiger partial charge in [-0.3, -0.25) is 0 Å². The van der Waals surface area contributed by atoms with Crippen LogP contribution in [-0.2, 0) is 0 Å². The predicted molar refractivity (Wildman–Crippen MR) is 75.0 cm³/mol. The van der Waals surface area contributed by atoms with Gasteiger partial charge in [0.05, 0.1) is 6.61 Å². The first-order valence-electron chi connectivity index (χ1n) is 6.69. The van der Waals surface area contributed by atoms with Crippen molar-refractivity contribution in [1.29, 1.82) is 0 Å². The lowest BCUT2D eigenvalue weighted by Crippen LogP contribution is -2.11. The van der Waals surface area contributed by atoms with E-state index in [1.165, 1.54) is 0 Å². The Morgan fingerprint density at radius 3 is 2.56 bits per heavy atom. The van der Waals surface area contributed by atoms with Crippen LogP contribution in [0.5, 0.6) is 5.88 Å². The van der Waals surface area contributed by atoms with Crippen molar-refractivity contribution >= 4 is 11.5 Å². The van der Waals surface area contributed by atoms with Crippen molar-refractivity contribution in [3.8, 4) is 5.88 Å². The maximum absolute atomic E-state index is 6.00. The Labute approximate surface area is 109 Å². The van der Waals surface area contributed by atoms with Crippen LogP contribution >= 0.6 is 0 Å². The standard InChI is InChI=1S/C13H24N4O/c1-4-6-8-15-12-11(14)13(17-10(3)16-12)18-9-7-5-2/h4-9,14H2,1-3H3,(H,15,16,17). The number of rotatable bonds is 8. The molecule has 0 aliphatic carbocycles. The lowest BCUT2D eigenvalue weighted by atomic mass is 10.3. The van der Waals surface area contributed by atoms with Gasteiger partial charge in [-0.15, -0.1) is 0 Å². The van der Waals surface area contributed by atoms with Gasteiger partial charge in [-0.2, -0.15) is 4.98 Å². The smallest absolute Gasteiger partial charge is 0.242 e. The molecule has 0 atom stereocenters. The monoisotopic (exact) mass is 252 g/mol. The van der Waals surface area contributed by atoms with Gasteiger partial charge in [0, 0.05) is 6.54 Å². The molecule has 0 saturated carbocycles. The van der Waals surface area contributed by atoms with Crippen LogP contribution in [0, 0.1) is 6.92 Å². The molecule has 0 fully saturated rings. The molecule has 0 bridgehead atoms. The average molecular weight is 252 g/mol. The van der Waals surface area contributed by atoms with E-state index >= 15 is 0 Å². The lowest BCUT2D eigenvalue weighted by Gasteiger charge is -2.12. The van der Waals surface area contributed by atoms with Crippen LogP contribution < -0.4 is 15.8 Å². The zero-order chi connectivity index (χ0) is 13.4. The summed E-state index contributed by atoms with van der Waals surface area (Å²) in [6.07, 6.45) is 4.32. The molecular weight excluding hydrogens is 228 g/mol. The van der Waals surface area contributed by atoms with Gasteiger partial charge in [0.15, 0.2) is 5.82 Å². The summed E-state index contributed by atoms with van der Waals surface area (Å²) in [7, 11) is 0. The third-order valence-electron chi connectivity index (χ3n) is 2.58. The molecular formula is C13H24N4O. The van der Waals surface area contributed by atoms with Crippen LogP contribution in [0.4, 0.5) is 11.5 Å². The summed E-state index contributed by atoms with van der Waals surface area (Å²) in [6, 6.07) is 0. The molecule has 0 spiro atoms. The van der Waals surface area contributed by atoms with E-state index in [-0.39, 0.29) is 0 Å². The van der Waals surface area contributed by atoms with E-state index in [1.807, 2.05) is 6.92 Å². The van der Waals surface area contributed by atoms with E-state index in [9.17, 15) is 0 Å². The number of hydrogen-bond acceptors (Lipinski definition) is 5. The number of nitrogens with zero attached hydrogens (tertiary/aromatic N) is 2. The van der Waals surface area contributed by atoms with Crippen LogP contribution in [0.15, 0.2) is 0 Å². The summed E-state index contributed by atoms with van der Waals surface area (Å²) in [4.78, 5) is 8.54. The minimum absolute atomic E-state index is 0.495. The van der Waals surface area contributed by atoms with Crippen molar-refractivity contribution in [3.05, 3.63) is 5.82 Å².